The fourth-order valence-corrected chi connectivity index (χ4v) is 2.88. The van der Waals surface area contributed by atoms with E-state index in [-0.39, 0.29) is 0 Å². The highest BCUT2D eigenvalue weighted by Crippen LogP contribution is 2.28. The molecule has 106 valence electrons. The summed E-state index contributed by atoms with van der Waals surface area (Å²) in [7, 11) is 0. The summed E-state index contributed by atoms with van der Waals surface area (Å²) in [5, 5.41) is 3.47. The van der Waals surface area contributed by atoms with Crippen molar-refractivity contribution in [3.05, 3.63) is 17.5 Å². The number of nitrogens with two attached hydrogens (primary N) is 1. The van der Waals surface area contributed by atoms with Gasteiger partial charge in [0.05, 0.1) is 0 Å². The van der Waals surface area contributed by atoms with E-state index in [2.05, 4.69) is 35.2 Å². The fraction of sp³-hybridized carbons (Fsp3) is 0.733. The van der Waals surface area contributed by atoms with Crippen LogP contribution in [0.2, 0.25) is 0 Å². The number of anilines is 1. The molecule has 1 aromatic rings. The standard InChI is InChI=1S/C15H26N4/c1-3-12-9-13(4-2)18-15(17-12)19-14(10-16)11-7-5-6-8-11/h9,11,14H,3-8,10,16H2,1-2H3,(H,17,18,19). The van der Waals surface area contributed by atoms with Crippen LogP contribution in [-0.4, -0.2) is 22.6 Å². The predicted octanol–water partition coefficient (Wildman–Crippen LogP) is 2.53. The van der Waals surface area contributed by atoms with Crippen molar-refractivity contribution in [2.24, 2.45) is 11.7 Å². The van der Waals surface area contributed by atoms with E-state index in [1.165, 1.54) is 25.7 Å². The van der Waals surface area contributed by atoms with Crippen molar-refractivity contribution in [2.45, 2.75) is 58.4 Å². The van der Waals surface area contributed by atoms with E-state index in [0.29, 0.717) is 18.5 Å². The zero-order valence-corrected chi connectivity index (χ0v) is 12.2. The van der Waals surface area contributed by atoms with Gasteiger partial charge in [-0.25, -0.2) is 9.97 Å². The lowest BCUT2D eigenvalue weighted by Gasteiger charge is -2.23. The highest BCUT2D eigenvalue weighted by Gasteiger charge is 2.24. The number of aryl methyl sites for hydroxylation is 2. The fourth-order valence-electron chi connectivity index (χ4n) is 2.88. The average molecular weight is 262 g/mol. The third-order valence-corrected chi connectivity index (χ3v) is 4.09. The molecule has 0 bridgehead atoms. The Morgan fingerprint density at radius 2 is 1.79 bits per heavy atom. The molecule has 4 heteroatoms. The Morgan fingerprint density at radius 3 is 2.26 bits per heavy atom. The maximum Gasteiger partial charge on any atom is 0.223 e. The molecular weight excluding hydrogens is 236 g/mol. The largest absolute Gasteiger partial charge is 0.350 e. The van der Waals surface area contributed by atoms with Gasteiger partial charge in [0, 0.05) is 24.0 Å². The Hall–Kier alpha value is -1.16. The quantitative estimate of drug-likeness (QED) is 0.827. The lowest BCUT2D eigenvalue weighted by molar-refractivity contribution is 0.460. The van der Waals surface area contributed by atoms with Crippen LogP contribution < -0.4 is 11.1 Å². The summed E-state index contributed by atoms with van der Waals surface area (Å²) in [6, 6.07) is 2.41. The number of nitrogens with one attached hydrogen (secondary N) is 1. The van der Waals surface area contributed by atoms with Crippen LogP contribution in [0.15, 0.2) is 6.07 Å². The van der Waals surface area contributed by atoms with Gasteiger partial charge in [-0.2, -0.15) is 0 Å². The number of nitrogens with zero attached hydrogens (tertiary/aromatic N) is 2. The van der Waals surface area contributed by atoms with Crippen molar-refractivity contribution >= 4 is 5.95 Å². The normalized spacial score (nSPS) is 17.6. The first-order valence-electron chi connectivity index (χ1n) is 7.60. The summed E-state index contributed by atoms with van der Waals surface area (Å²) in [4.78, 5) is 9.16. The van der Waals surface area contributed by atoms with Crippen LogP contribution in [0.1, 0.15) is 50.9 Å². The molecule has 0 spiro atoms. The Kier molecular flexibility index (Phi) is 5.14. The van der Waals surface area contributed by atoms with Crippen LogP contribution in [0.25, 0.3) is 0 Å². The summed E-state index contributed by atoms with van der Waals surface area (Å²) < 4.78 is 0. The molecule has 1 heterocycles. The molecule has 0 radical (unpaired) electrons. The molecule has 2 rings (SSSR count). The molecule has 1 fully saturated rings. The second-order valence-corrected chi connectivity index (χ2v) is 5.41. The van der Waals surface area contributed by atoms with E-state index in [1.54, 1.807) is 0 Å². The first-order chi connectivity index (χ1) is 9.26. The van der Waals surface area contributed by atoms with Crippen LogP contribution in [0, 0.1) is 5.92 Å². The third-order valence-electron chi connectivity index (χ3n) is 4.09. The first-order valence-corrected chi connectivity index (χ1v) is 7.60. The number of hydrogen-bond donors (Lipinski definition) is 2. The minimum absolute atomic E-state index is 0.319. The lowest BCUT2D eigenvalue weighted by atomic mass is 9.98. The molecule has 1 aliphatic rings. The Morgan fingerprint density at radius 1 is 1.21 bits per heavy atom. The molecule has 4 nitrogen and oxygen atoms in total. The van der Waals surface area contributed by atoms with Crippen LogP contribution in [0.5, 0.6) is 0 Å². The molecule has 0 amide bonds. The number of rotatable bonds is 6. The monoisotopic (exact) mass is 262 g/mol. The second-order valence-electron chi connectivity index (χ2n) is 5.41. The summed E-state index contributed by atoms with van der Waals surface area (Å²) >= 11 is 0. The topological polar surface area (TPSA) is 63.8 Å². The van der Waals surface area contributed by atoms with Crippen molar-refractivity contribution in [1.82, 2.24) is 9.97 Å². The molecule has 0 aliphatic heterocycles. The molecule has 1 unspecified atom stereocenters. The molecule has 1 aliphatic carbocycles. The smallest absolute Gasteiger partial charge is 0.223 e. The van der Waals surface area contributed by atoms with Gasteiger partial charge in [-0.15, -0.1) is 0 Å². The van der Waals surface area contributed by atoms with Gasteiger partial charge >= 0.3 is 0 Å². The molecule has 3 N–H and O–H groups in total. The van der Waals surface area contributed by atoms with Gasteiger partial charge < -0.3 is 11.1 Å². The van der Waals surface area contributed by atoms with E-state index >= 15 is 0 Å². The van der Waals surface area contributed by atoms with Crippen molar-refractivity contribution in [2.75, 3.05) is 11.9 Å². The second kappa shape index (κ2) is 6.85. The number of aromatic nitrogens is 2. The summed E-state index contributed by atoms with van der Waals surface area (Å²) in [5.41, 5.74) is 8.14. The van der Waals surface area contributed by atoms with Crippen molar-refractivity contribution in [3.63, 3.8) is 0 Å². The molecular formula is C15H26N4. The first kappa shape index (κ1) is 14.3. The SMILES string of the molecule is CCc1cc(CC)nc(NC(CN)C2CCCC2)n1. The van der Waals surface area contributed by atoms with Crippen molar-refractivity contribution in [1.29, 1.82) is 0 Å². The van der Waals surface area contributed by atoms with Crippen LogP contribution >= 0.6 is 0 Å². The van der Waals surface area contributed by atoms with E-state index < -0.39 is 0 Å². The van der Waals surface area contributed by atoms with Gasteiger partial charge in [0.1, 0.15) is 0 Å². The minimum Gasteiger partial charge on any atom is -0.350 e. The molecule has 0 aromatic carbocycles. The summed E-state index contributed by atoms with van der Waals surface area (Å²) in [6.07, 6.45) is 7.12. The third kappa shape index (κ3) is 3.66. The minimum atomic E-state index is 0.319. The van der Waals surface area contributed by atoms with Crippen LogP contribution in [0.4, 0.5) is 5.95 Å². The lowest BCUT2D eigenvalue weighted by Crippen LogP contribution is -2.36. The van der Waals surface area contributed by atoms with E-state index in [9.17, 15) is 0 Å². The van der Waals surface area contributed by atoms with Crippen LogP contribution in [-0.2, 0) is 12.8 Å². The average Bonchev–Trinajstić information content (AvgIpc) is 2.98. The van der Waals surface area contributed by atoms with E-state index in [0.717, 1.165) is 30.2 Å². The Balaban J connectivity index is 2.11. The molecule has 1 atom stereocenters. The van der Waals surface area contributed by atoms with Gasteiger partial charge in [-0.05, 0) is 37.7 Å². The number of hydrogen-bond acceptors (Lipinski definition) is 4. The molecule has 0 saturated heterocycles. The van der Waals surface area contributed by atoms with Crippen LogP contribution in [0.3, 0.4) is 0 Å². The van der Waals surface area contributed by atoms with Gasteiger partial charge in [-0.1, -0.05) is 26.7 Å². The van der Waals surface area contributed by atoms with Crippen molar-refractivity contribution in [3.8, 4) is 0 Å². The van der Waals surface area contributed by atoms with Gasteiger partial charge in [-0.3, -0.25) is 0 Å². The van der Waals surface area contributed by atoms with Gasteiger partial charge in [0.15, 0.2) is 0 Å². The molecule has 19 heavy (non-hydrogen) atoms. The van der Waals surface area contributed by atoms with Gasteiger partial charge in [0.2, 0.25) is 5.95 Å². The predicted molar refractivity (Wildman–Crippen MR) is 79.2 cm³/mol. The maximum absolute atomic E-state index is 5.92. The Labute approximate surface area is 116 Å². The molecule has 1 aromatic heterocycles. The highest BCUT2D eigenvalue weighted by atomic mass is 15.1. The zero-order chi connectivity index (χ0) is 13.7. The van der Waals surface area contributed by atoms with Crippen molar-refractivity contribution < 1.29 is 0 Å². The van der Waals surface area contributed by atoms with Gasteiger partial charge in [0.25, 0.3) is 0 Å². The van der Waals surface area contributed by atoms with E-state index in [4.69, 9.17) is 5.73 Å². The highest BCUT2D eigenvalue weighted by molar-refractivity contribution is 5.30. The zero-order valence-electron chi connectivity index (χ0n) is 12.2. The van der Waals surface area contributed by atoms with E-state index in [1.807, 2.05) is 0 Å². The molecule has 1 saturated carbocycles. The Bertz CT molecular complexity index is 377. The summed E-state index contributed by atoms with van der Waals surface area (Å²) in [5.74, 6) is 1.45. The summed E-state index contributed by atoms with van der Waals surface area (Å²) in [6.45, 7) is 4.91. The maximum atomic E-state index is 5.92.